The number of furan rings is 1. The maximum atomic E-state index is 14.1. The van der Waals surface area contributed by atoms with Gasteiger partial charge in [-0.05, 0) is 62.1 Å². The first-order valence-electron chi connectivity index (χ1n) is 12.1. The third-order valence-corrected chi connectivity index (χ3v) is 5.87. The van der Waals surface area contributed by atoms with Gasteiger partial charge in [0.05, 0.1) is 0 Å². The Morgan fingerprint density at radius 3 is 2.19 bits per heavy atom. The van der Waals surface area contributed by atoms with Gasteiger partial charge in [0.25, 0.3) is 5.91 Å². The molecule has 2 aromatic carbocycles. The largest absolute Gasteiger partial charge is 0.451 e. The van der Waals surface area contributed by atoms with Gasteiger partial charge in [-0.1, -0.05) is 57.2 Å². The Kier molecular flexibility index (Phi) is 6.72. The highest BCUT2D eigenvalue weighted by atomic mass is 16.3. The van der Waals surface area contributed by atoms with Crippen molar-refractivity contribution in [3.05, 3.63) is 96.0 Å². The zero-order valence-corrected chi connectivity index (χ0v) is 21.7. The van der Waals surface area contributed by atoms with E-state index in [0.29, 0.717) is 16.8 Å². The lowest BCUT2D eigenvalue weighted by Gasteiger charge is -2.33. The lowest BCUT2D eigenvalue weighted by molar-refractivity contribution is -0.123. The molecule has 2 heterocycles. The van der Waals surface area contributed by atoms with E-state index in [-0.39, 0.29) is 17.1 Å². The molecule has 1 unspecified atom stereocenters. The molecule has 0 saturated carbocycles. The molecule has 0 bridgehead atoms. The number of hydrogen-bond donors (Lipinski definition) is 1. The maximum Gasteiger partial charge on any atom is 0.295 e. The van der Waals surface area contributed by atoms with Crippen LogP contribution in [0.15, 0.2) is 83.5 Å². The van der Waals surface area contributed by atoms with Gasteiger partial charge in [0, 0.05) is 34.6 Å². The molecular formula is C30H33N3O3. The summed E-state index contributed by atoms with van der Waals surface area (Å²) in [7, 11) is 0. The number of fused-ring (bicyclic) bond motifs is 1. The Balaban J connectivity index is 1.88. The molecule has 1 N–H and O–H groups in total. The van der Waals surface area contributed by atoms with Crippen molar-refractivity contribution >= 4 is 28.5 Å². The van der Waals surface area contributed by atoms with Crippen LogP contribution in [0.2, 0.25) is 0 Å². The average molecular weight is 484 g/mol. The van der Waals surface area contributed by atoms with E-state index in [1.54, 1.807) is 24.5 Å². The van der Waals surface area contributed by atoms with Crippen LogP contribution in [0.1, 0.15) is 69.3 Å². The molecule has 186 valence electrons. The molecule has 0 fully saturated rings. The molecule has 0 aliphatic rings. The van der Waals surface area contributed by atoms with Crippen LogP contribution in [0.25, 0.3) is 11.0 Å². The van der Waals surface area contributed by atoms with Crippen molar-refractivity contribution < 1.29 is 14.0 Å². The number of para-hydroxylation sites is 1. The first-order valence-corrected chi connectivity index (χ1v) is 12.1. The molecule has 36 heavy (non-hydrogen) atoms. The summed E-state index contributed by atoms with van der Waals surface area (Å²) in [6.07, 6.45) is 3.26. The number of hydrogen-bond acceptors (Lipinski definition) is 4. The van der Waals surface area contributed by atoms with Crippen molar-refractivity contribution in [2.45, 2.75) is 58.5 Å². The number of aromatic nitrogens is 1. The van der Waals surface area contributed by atoms with Crippen LogP contribution in [-0.4, -0.2) is 22.3 Å². The van der Waals surface area contributed by atoms with Crippen LogP contribution in [-0.2, 0) is 10.2 Å². The predicted molar refractivity (Wildman–Crippen MR) is 143 cm³/mol. The number of carbonyl (C=O) groups excluding carboxylic acids is 2. The van der Waals surface area contributed by atoms with Gasteiger partial charge < -0.3 is 9.73 Å². The molecule has 2 aromatic heterocycles. The molecule has 6 heteroatoms. The van der Waals surface area contributed by atoms with E-state index in [9.17, 15) is 9.59 Å². The summed E-state index contributed by atoms with van der Waals surface area (Å²) >= 11 is 0. The summed E-state index contributed by atoms with van der Waals surface area (Å²) in [4.78, 5) is 33.6. The quantitative estimate of drug-likeness (QED) is 0.355. The van der Waals surface area contributed by atoms with E-state index in [2.05, 4.69) is 31.1 Å². The van der Waals surface area contributed by atoms with Gasteiger partial charge in [-0.25, -0.2) is 0 Å². The molecule has 0 aliphatic carbocycles. The number of carbonyl (C=O) groups is 2. The molecule has 2 amide bonds. The fourth-order valence-corrected chi connectivity index (χ4v) is 4.10. The summed E-state index contributed by atoms with van der Waals surface area (Å²) < 4.78 is 5.94. The minimum absolute atomic E-state index is 0.0571. The first kappa shape index (κ1) is 25.2. The van der Waals surface area contributed by atoms with Crippen molar-refractivity contribution in [3.63, 3.8) is 0 Å². The normalized spacial score (nSPS) is 12.8. The van der Waals surface area contributed by atoms with E-state index in [4.69, 9.17) is 4.42 Å². The fourth-order valence-electron chi connectivity index (χ4n) is 4.10. The van der Waals surface area contributed by atoms with Gasteiger partial charge in [0.2, 0.25) is 5.91 Å². The van der Waals surface area contributed by atoms with Crippen molar-refractivity contribution in [1.82, 2.24) is 10.3 Å². The Labute approximate surface area is 212 Å². The Morgan fingerprint density at radius 1 is 0.917 bits per heavy atom. The number of nitrogens with one attached hydrogen (secondary N) is 1. The van der Waals surface area contributed by atoms with Crippen LogP contribution in [0, 0.1) is 0 Å². The third-order valence-electron chi connectivity index (χ3n) is 5.87. The molecule has 4 rings (SSSR count). The summed E-state index contributed by atoms with van der Waals surface area (Å²) in [6, 6.07) is 19.6. The minimum atomic E-state index is -0.959. The van der Waals surface area contributed by atoms with E-state index < -0.39 is 17.5 Å². The van der Waals surface area contributed by atoms with Gasteiger partial charge in [0.15, 0.2) is 5.76 Å². The Morgan fingerprint density at radius 2 is 1.61 bits per heavy atom. The van der Waals surface area contributed by atoms with Crippen LogP contribution < -0.4 is 10.2 Å². The molecular weight excluding hydrogens is 450 g/mol. The molecule has 0 saturated heterocycles. The number of benzene rings is 2. The molecule has 6 nitrogen and oxygen atoms in total. The van der Waals surface area contributed by atoms with E-state index in [0.717, 1.165) is 10.9 Å². The number of amides is 2. The van der Waals surface area contributed by atoms with Crippen molar-refractivity contribution in [1.29, 1.82) is 0 Å². The minimum Gasteiger partial charge on any atom is -0.451 e. The topological polar surface area (TPSA) is 75.4 Å². The molecule has 1 atom stereocenters. The van der Waals surface area contributed by atoms with Crippen LogP contribution in [0.3, 0.4) is 0 Å². The van der Waals surface area contributed by atoms with Crippen molar-refractivity contribution in [2.75, 3.05) is 4.90 Å². The van der Waals surface area contributed by atoms with E-state index in [1.807, 2.05) is 75.4 Å². The lowest BCUT2D eigenvalue weighted by atomic mass is 9.87. The second kappa shape index (κ2) is 9.61. The number of nitrogens with zero attached hydrogens (tertiary/aromatic N) is 2. The summed E-state index contributed by atoms with van der Waals surface area (Å²) in [5.41, 5.74) is 2.37. The summed E-state index contributed by atoms with van der Waals surface area (Å²) in [5, 5.41) is 3.87. The third kappa shape index (κ3) is 5.48. The molecule has 0 aliphatic heterocycles. The van der Waals surface area contributed by atoms with Crippen molar-refractivity contribution in [3.8, 4) is 0 Å². The van der Waals surface area contributed by atoms with E-state index in [1.165, 1.54) is 4.90 Å². The van der Waals surface area contributed by atoms with Gasteiger partial charge >= 0.3 is 0 Å². The average Bonchev–Trinajstić information content (AvgIpc) is 3.25. The molecule has 0 radical (unpaired) electrons. The second-order valence-corrected chi connectivity index (χ2v) is 11.0. The molecule has 4 aromatic rings. The van der Waals surface area contributed by atoms with Gasteiger partial charge in [-0.3, -0.25) is 19.5 Å². The highest BCUT2D eigenvalue weighted by Gasteiger charge is 2.36. The maximum absolute atomic E-state index is 14.1. The fraction of sp³-hybridized carbons (Fsp3) is 0.300. The highest BCUT2D eigenvalue weighted by molar-refractivity contribution is 6.10. The van der Waals surface area contributed by atoms with E-state index >= 15 is 0 Å². The summed E-state index contributed by atoms with van der Waals surface area (Å²) in [6.45, 7) is 12.1. The Hall–Kier alpha value is -3.93. The number of rotatable bonds is 5. The monoisotopic (exact) mass is 483 g/mol. The smallest absolute Gasteiger partial charge is 0.295 e. The Bertz CT molecular complexity index is 1330. The first-order chi connectivity index (χ1) is 16.9. The van der Waals surface area contributed by atoms with Crippen LogP contribution in [0.5, 0.6) is 0 Å². The zero-order valence-electron chi connectivity index (χ0n) is 21.7. The number of anilines is 1. The molecule has 0 spiro atoms. The SMILES string of the molecule is CC(C)(C)NC(=O)C(c1cccnc1)N(C(=O)c1cc2ccccc2o1)c1ccc(C(C)(C)C)cc1. The number of pyridine rings is 1. The predicted octanol–water partition coefficient (Wildman–Crippen LogP) is 6.43. The summed E-state index contributed by atoms with van der Waals surface area (Å²) in [5.74, 6) is -0.555. The highest BCUT2D eigenvalue weighted by Crippen LogP contribution is 2.33. The zero-order chi connectivity index (χ0) is 26.1. The second-order valence-electron chi connectivity index (χ2n) is 11.0. The van der Waals surface area contributed by atoms with Gasteiger partial charge in [0.1, 0.15) is 11.6 Å². The van der Waals surface area contributed by atoms with Gasteiger partial charge in [-0.2, -0.15) is 0 Å². The van der Waals surface area contributed by atoms with Crippen LogP contribution in [0.4, 0.5) is 5.69 Å². The van der Waals surface area contributed by atoms with Gasteiger partial charge in [-0.15, -0.1) is 0 Å². The van der Waals surface area contributed by atoms with Crippen LogP contribution >= 0.6 is 0 Å². The standard InChI is InChI=1S/C30H33N3O3/c1-29(2,3)22-13-15-23(16-14-22)33(28(35)25-18-20-10-7-8-12-24(20)36-25)26(21-11-9-17-31-19-21)27(34)32-30(4,5)6/h7-19,26H,1-6H3,(H,32,34). The van der Waals surface area contributed by atoms with Crippen molar-refractivity contribution in [2.24, 2.45) is 0 Å². The lowest BCUT2D eigenvalue weighted by Crippen LogP contribution is -2.49.